The minimum Gasteiger partial charge on any atom is -0.497 e. The van der Waals surface area contributed by atoms with Crippen molar-refractivity contribution in [3.8, 4) is 5.75 Å². The molecule has 1 aliphatic carbocycles. The summed E-state index contributed by atoms with van der Waals surface area (Å²) in [5.41, 5.74) is 0.722. The lowest BCUT2D eigenvalue weighted by Crippen LogP contribution is -2.53. The van der Waals surface area contributed by atoms with Gasteiger partial charge in [-0.15, -0.1) is 0 Å². The van der Waals surface area contributed by atoms with Crippen LogP contribution >= 0.6 is 0 Å². The number of fused-ring (bicyclic) bond motifs is 1. The second-order valence-electron chi connectivity index (χ2n) is 8.46. The van der Waals surface area contributed by atoms with Crippen molar-refractivity contribution in [2.24, 2.45) is 0 Å². The maximum absolute atomic E-state index is 13.7. The quantitative estimate of drug-likeness (QED) is 0.628. The topological polar surface area (TPSA) is 105 Å². The van der Waals surface area contributed by atoms with Gasteiger partial charge in [-0.3, -0.25) is 13.9 Å². The zero-order chi connectivity index (χ0) is 23.4. The van der Waals surface area contributed by atoms with Crippen molar-refractivity contribution in [1.29, 1.82) is 0 Å². The van der Waals surface area contributed by atoms with Gasteiger partial charge >= 0.3 is 0 Å². The number of methoxy groups -OCH3 is 1. The smallest absolute Gasteiger partial charge is 0.265 e. The summed E-state index contributed by atoms with van der Waals surface area (Å²) in [4.78, 5) is 25.9. The summed E-state index contributed by atoms with van der Waals surface area (Å²) in [5, 5.41) is 5.78. The van der Waals surface area contributed by atoms with E-state index in [0.29, 0.717) is 17.1 Å². The van der Waals surface area contributed by atoms with E-state index in [1.165, 1.54) is 19.2 Å². The number of ether oxygens (including phenoxy) is 1. The van der Waals surface area contributed by atoms with Crippen molar-refractivity contribution >= 4 is 33.2 Å². The van der Waals surface area contributed by atoms with Crippen molar-refractivity contribution in [2.75, 3.05) is 16.7 Å². The van der Waals surface area contributed by atoms with Crippen LogP contribution in [0.1, 0.15) is 44.9 Å². The van der Waals surface area contributed by atoms with Gasteiger partial charge in [-0.25, -0.2) is 8.42 Å². The van der Waals surface area contributed by atoms with Crippen LogP contribution in [0.2, 0.25) is 0 Å². The number of nitrogens with zero attached hydrogens (tertiary/aromatic N) is 1. The number of amides is 2. The van der Waals surface area contributed by atoms with Crippen LogP contribution in [0.4, 0.5) is 11.4 Å². The molecule has 1 unspecified atom stereocenters. The molecule has 33 heavy (non-hydrogen) atoms. The fourth-order valence-electron chi connectivity index (χ4n) is 4.48. The summed E-state index contributed by atoms with van der Waals surface area (Å²) in [5.74, 6) is -0.330. The van der Waals surface area contributed by atoms with E-state index in [4.69, 9.17) is 4.74 Å². The van der Waals surface area contributed by atoms with Gasteiger partial charge in [0.15, 0.2) is 0 Å². The standard InChI is InChI=1S/C24H29N3O5S/c1-32-18-12-14-19(15-13-18)33(30,31)27-21-11-7-6-10-20(21)26-24(29)22(27)16-23(28)25-17-8-4-2-3-5-9-17/h6-7,10-15,17,22H,2-5,8-9,16H2,1H3,(H,25,28)(H,26,29). The molecule has 176 valence electrons. The number of carbonyl (C=O) groups excluding carboxylic acids is 2. The second kappa shape index (κ2) is 9.82. The van der Waals surface area contributed by atoms with Crippen LogP contribution in [0.3, 0.4) is 0 Å². The highest BCUT2D eigenvalue weighted by atomic mass is 32.2. The minimum atomic E-state index is -4.13. The molecule has 1 aliphatic heterocycles. The van der Waals surface area contributed by atoms with Crippen LogP contribution in [0.25, 0.3) is 0 Å². The third-order valence-corrected chi connectivity index (χ3v) is 8.04. The predicted molar refractivity (Wildman–Crippen MR) is 126 cm³/mol. The lowest BCUT2D eigenvalue weighted by Gasteiger charge is -2.37. The Labute approximate surface area is 194 Å². The molecule has 2 aliphatic rings. The van der Waals surface area contributed by atoms with E-state index in [0.717, 1.165) is 42.8 Å². The van der Waals surface area contributed by atoms with Crippen LogP contribution in [-0.4, -0.2) is 39.4 Å². The number of carbonyl (C=O) groups is 2. The molecule has 8 nitrogen and oxygen atoms in total. The molecule has 1 atom stereocenters. The Kier molecular flexibility index (Phi) is 6.88. The lowest BCUT2D eigenvalue weighted by molar-refractivity contribution is -0.125. The maximum atomic E-state index is 13.7. The molecule has 0 bridgehead atoms. The number of hydrogen-bond donors (Lipinski definition) is 2. The number of nitrogens with one attached hydrogen (secondary N) is 2. The van der Waals surface area contributed by atoms with Crippen LogP contribution in [0, 0.1) is 0 Å². The fourth-order valence-corrected chi connectivity index (χ4v) is 6.11. The molecule has 9 heteroatoms. The monoisotopic (exact) mass is 471 g/mol. The molecular weight excluding hydrogens is 442 g/mol. The number of hydrogen-bond acceptors (Lipinski definition) is 5. The van der Waals surface area contributed by atoms with Gasteiger partial charge in [0.05, 0.1) is 29.8 Å². The molecule has 1 fully saturated rings. The average Bonchev–Trinajstić information content (AvgIpc) is 3.08. The summed E-state index contributed by atoms with van der Waals surface area (Å²) in [6.07, 6.45) is 5.97. The highest BCUT2D eigenvalue weighted by Gasteiger charge is 2.42. The van der Waals surface area contributed by atoms with E-state index in [1.54, 1.807) is 36.4 Å². The van der Waals surface area contributed by atoms with Gasteiger partial charge in [0, 0.05) is 6.04 Å². The molecule has 0 spiro atoms. The largest absolute Gasteiger partial charge is 0.497 e. The van der Waals surface area contributed by atoms with Crippen molar-refractivity contribution in [1.82, 2.24) is 5.32 Å². The summed E-state index contributed by atoms with van der Waals surface area (Å²) in [7, 11) is -2.63. The highest BCUT2D eigenvalue weighted by molar-refractivity contribution is 7.93. The molecule has 1 heterocycles. The van der Waals surface area contributed by atoms with Crippen LogP contribution in [-0.2, 0) is 19.6 Å². The minimum absolute atomic E-state index is 0.0157. The van der Waals surface area contributed by atoms with Gasteiger partial charge in [0.1, 0.15) is 11.8 Å². The van der Waals surface area contributed by atoms with Crippen LogP contribution in [0.15, 0.2) is 53.4 Å². The Morgan fingerprint density at radius 1 is 1.06 bits per heavy atom. The number of para-hydroxylation sites is 2. The molecule has 2 aromatic rings. The van der Waals surface area contributed by atoms with Gasteiger partial charge in [-0.05, 0) is 49.2 Å². The second-order valence-corrected chi connectivity index (χ2v) is 10.3. The highest BCUT2D eigenvalue weighted by Crippen LogP contribution is 2.37. The molecule has 0 saturated heterocycles. The molecule has 0 aromatic heterocycles. The van der Waals surface area contributed by atoms with Crippen molar-refractivity contribution in [2.45, 2.75) is 61.9 Å². The van der Waals surface area contributed by atoms with E-state index in [-0.39, 0.29) is 23.3 Å². The van der Waals surface area contributed by atoms with Gasteiger partial charge in [0.2, 0.25) is 11.8 Å². The van der Waals surface area contributed by atoms with Crippen molar-refractivity contribution in [3.63, 3.8) is 0 Å². The molecular formula is C24H29N3O5S. The third kappa shape index (κ3) is 4.98. The summed E-state index contributed by atoms with van der Waals surface area (Å²) in [6, 6.07) is 11.5. The first kappa shape index (κ1) is 23.1. The number of sulfonamides is 1. The number of rotatable bonds is 6. The Balaban J connectivity index is 1.65. The predicted octanol–water partition coefficient (Wildman–Crippen LogP) is 3.44. The van der Waals surface area contributed by atoms with E-state index >= 15 is 0 Å². The Bertz CT molecular complexity index is 1110. The normalized spacial score (nSPS) is 19.2. The third-order valence-electron chi connectivity index (χ3n) is 6.20. The van der Waals surface area contributed by atoms with Gasteiger partial charge in [-0.2, -0.15) is 0 Å². The van der Waals surface area contributed by atoms with Gasteiger partial charge < -0.3 is 15.4 Å². The average molecular weight is 472 g/mol. The molecule has 2 amide bonds. The van der Waals surface area contributed by atoms with Crippen molar-refractivity contribution in [3.05, 3.63) is 48.5 Å². The van der Waals surface area contributed by atoms with Gasteiger partial charge in [0.25, 0.3) is 10.0 Å². The van der Waals surface area contributed by atoms with Gasteiger partial charge in [-0.1, -0.05) is 37.8 Å². The molecule has 0 radical (unpaired) electrons. The van der Waals surface area contributed by atoms with E-state index in [1.807, 2.05) is 0 Å². The van der Waals surface area contributed by atoms with Crippen molar-refractivity contribution < 1.29 is 22.7 Å². The first-order valence-corrected chi connectivity index (χ1v) is 12.7. The number of benzene rings is 2. The molecule has 2 N–H and O–H groups in total. The summed E-state index contributed by atoms with van der Waals surface area (Å²) >= 11 is 0. The van der Waals surface area contributed by atoms with E-state index < -0.39 is 22.0 Å². The maximum Gasteiger partial charge on any atom is 0.265 e. The van der Waals surface area contributed by atoms with E-state index in [2.05, 4.69) is 10.6 Å². The SMILES string of the molecule is COc1ccc(S(=O)(=O)N2c3ccccc3NC(=O)C2CC(=O)NC2CCCCCC2)cc1. The van der Waals surface area contributed by atoms with Crippen LogP contribution in [0.5, 0.6) is 5.75 Å². The Morgan fingerprint density at radius 3 is 2.39 bits per heavy atom. The Hall–Kier alpha value is -3.07. The molecule has 2 aromatic carbocycles. The fraction of sp³-hybridized carbons (Fsp3) is 0.417. The zero-order valence-electron chi connectivity index (χ0n) is 18.6. The van der Waals surface area contributed by atoms with E-state index in [9.17, 15) is 18.0 Å². The lowest BCUT2D eigenvalue weighted by atomic mass is 10.1. The molecule has 4 rings (SSSR count). The zero-order valence-corrected chi connectivity index (χ0v) is 19.4. The summed E-state index contributed by atoms with van der Waals surface area (Å²) in [6.45, 7) is 0. The molecule has 1 saturated carbocycles. The van der Waals surface area contributed by atoms with Crippen LogP contribution < -0.4 is 19.7 Å². The first-order chi connectivity index (χ1) is 15.9. The summed E-state index contributed by atoms with van der Waals surface area (Å²) < 4.78 is 33.6. The number of anilines is 2. The Morgan fingerprint density at radius 2 is 1.73 bits per heavy atom. The first-order valence-electron chi connectivity index (χ1n) is 11.3.